The highest BCUT2D eigenvalue weighted by atomic mass is 16.6. The summed E-state index contributed by atoms with van der Waals surface area (Å²) in [5, 5.41) is 7.19. The summed E-state index contributed by atoms with van der Waals surface area (Å²) in [7, 11) is 0. The molecule has 3 unspecified atom stereocenters. The normalized spacial score (nSPS) is 12.1. The van der Waals surface area contributed by atoms with Crippen molar-refractivity contribution in [3.05, 3.63) is 31.5 Å². The zero-order valence-corrected chi connectivity index (χ0v) is 36.7. The van der Waals surface area contributed by atoms with Crippen LogP contribution in [0.15, 0.2) is 14.4 Å². The number of amides is 3. The quantitative estimate of drug-likeness (QED) is 0.0585. The fourth-order valence-corrected chi connectivity index (χ4v) is 5.66. The van der Waals surface area contributed by atoms with E-state index in [1.54, 1.807) is 20.8 Å². The number of ether oxygens (including phenoxy) is 6. The lowest BCUT2D eigenvalue weighted by Crippen LogP contribution is -2.55. The number of hydrogen-bond acceptors (Lipinski definition) is 18. The lowest BCUT2D eigenvalue weighted by molar-refractivity contribution is -0.149. The molecule has 63 heavy (non-hydrogen) atoms. The molecular formula is C39H60N6O18. The van der Waals surface area contributed by atoms with Crippen LogP contribution in [0.5, 0.6) is 0 Å². The van der Waals surface area contributed by atoms with E-state index >= 15 is 0 Å². The molecular weight excluding hydrogens is 840 g/mol. The van der Waals surface area contributed by atoms with E-state index in [1.165, 1.54) is 20.8 Å². The molecule has 0 aliphatic carbocycles. The summed E-state index contributed by atoms with van der Waals surface area (Å²) < 4.78 is 31.1. The number of carbonyl (C=O) groups is 9. The molecule has 0 aromatic carbocycles. The van der Waals surface area contributed by atoms with Crippen molar-refractivity contribution < 1.29 is 71.6 Å². The summed E-state index contributed by atoms with van der Waals surface area (Å²) in [6.07, 6.45) is -3.28. The predicted octanol–water partition coefficient (Wildman–Crippen LogP) is -1.48. The van der Waals surface area contributed by atoms with Gasteiger partial charge in [-0.1, -0.05) is 0 Å². The van der Waals surface area contributed by atoms with Crippen molar-refractivity contribution in [1.29, 1.82) is 0 Å². The van der Waals surface area contributed by atoms with Gasteiger partial charge in [0.05, 0.1) is 39.6 Å². The number of aromatic nitrogens is 3. The average molecular weight is 901 g/mol. The van der Waals surface area contributed by atoms with Gasteiger partial charge in [0.2, 0.25) is 17.7 Å². The van der Waals surface area contributed by atoms with Crippen molar-refractivity contribution in [1.82, 2.24) is 29.7 Å². The Morgan fingerprint density at radius 1 is 0.381 bits per heavy atom. The number of nitrogens with zero attached hydrogens (tertiary/aromatic N) is 3. The summed E-state index contributed by atoms with van der Waals surface area (Å²) in [6, 6.07) is -3.94. The molecule has 1 rings (SSSR count). The van der Waals surface area contributed by atoms with Gasteiger partial charge in [0.25, 0.3) is 0 Å². The van der Waals surface area contributed by atoms with Crippen LogP contribution in [0.4, 0.5) is 0 Å². The molecule has 0 aliphatic rings. The molecule has 0 radical (unpaired) electrons. The highest BCUT2D eigenvalue weighted by Crippen LogP contribution is 2.06. The van der Waals surface area contributed by atoms with E-state index in [0.29, 0.717) is 13.7 Å². The average Bonchev–Trinajstić information content (AvgIpc) is 3.22. The maximum absolute atomic E-state index is 13.7. The summed E-state index contributed by atoms with van der Waals surface area (Å²) in [5.74, 6) is -7.12. The molecule has 1 aromatic rings. The zero-order chi connectivity index (χ0) is 47.5. The van der Waals surface area contributed by atoms with Crippen molar-refractivity contribution in [3.63, 3.8) is 0 Å². The summed E-state index contributed by atoms with van der Waals surface area (Å²) in [5.41, 5.74) is -3.79. The molecule has 0 fully saturated rings. The Morgan fingerprint density at radius 2 is 0.603 bits per heavy atom. The van der Waals surface area contributed by atoms with E-state index in [1.807, 2.05) is 0 Å². The maximum Gasteiger partial charge on any atom is 0.336 e. The van der Waals surface area contributed by atoms with Crippen LogP contribution < -0.4 is 33.0 Å². The topological polar surface area (TPSA) is 311 Å². The van der Waals surface area contributed by atoms with Crippen LogP contribution in [0.3, 0.4) is 0 Å². The lowest BCUT2D eigenvalue weighted by Gasteiger charge is -2.19. The predicted molar refractivity (Wildman–Crippen MR) is 216 cm³/mol. The first-order valence-corrected chi connectivity index (χ1v) is 20.8. The van der Waals surface area contributed by atoms with Crippen molar-refractivity contribution in [3.8, 4) is 0 Å². The van der Waals surface area contributed by atoms with Crippen LogP contribution in [-0.4, -0.2) is 125 Å². The van der Waals surface area contributed by atoms with Gasteiger partial charge in [-0.3, -0.25) is 28.8 Å². The molecule has 1 aromatic heterocycles. The van der Waals surface area contributed by atoms with Gasteiger partial charge in [-0.05, 0) is 60.8 Å². The fraction of sp³-hybridized carbons (Fsp3) is 0.692. The van der Waals surface area contributed by atoms with Crippen molar-refractivity contribution >= 4 is 53.5 Å². The SMILES string of the molecule is CCOC(=O)CCC(NC(=O)CCn1c(=O)n(CCC(=O)NC(CCC(=O)OCC)C(=O)OCC)c(=O)n(CCC(=O)NC(CCC(=O)OCC)C(=O)OCC)c1=O)C(=O)OCC. The third-order valence-electron chi connectivity index (χ3n) is 8.62. The van der Waals surface area contributed by atoms with Crippen molar-refractivity contribution in [2.45, 2.75) is 137 Å². The highest BCUT2D eigenvalue weighted by molar-refractivity contribution is 5.86. The number of rotatable bonds is 30. The molecule has 0 aliphatic heterocycles. The van der Waals surface area contributed by atoms with E-state index < -0.39 is 128 Å². The molecule has 0 saturated heterocycles. The molecule has 24 heteroatoms. The Bertz CT molecular complexity index is 1680. The van der Waals surface area contributed by atoms with E-state index in [-0.39, 0.29) is 78.2 Å². The third-order valence-corrected chi connectivity index (χ3v) is 8.62. The standard InChI is InChI=1S/C39H60N6O18/c1-7-58-31(49)16-13-25(34(52)61-10-4)40-28(46)19-22-43-37(55)44(23-20-29(47)41-26(35(53)62-11-5)14-17-32(50)59-8-2)39(57)45(38(43)56)24-21-30(48)42-27(36(54)63-12-6)15-18-33(51)60-9-3/h25-27H,7-24H2,1-6H3,(H,40,46)(H,41,47)(H,42,48). The zero-order valence-electron chi connectivity index (χ0n) is 36.7. The van der Waals surface area contributed by atoms with Crippen LogP contribution in [0.1, 0.15) is 99.3 Å². The molecule has 3 amide bonds. The summed E-state index contributed by atoms with van der Waals surface area (Å²) in [6.45, 7) is 7.35. The fourth-order valence-electron chi connectivity index (χ4n) is 5.66. The molecule has 0 bridgehead atoms. The number of carbonyl (C=O) groups excluding carboxylic acids is 9. The Balaban J connectivity index is 3.52. The number of hydrogen-bond donors (Lipinski definition) is 3. The molecule has 24 nitrogen and oxygen atoms in total. The molecule has 0 spiro atoms. The Labute approximate surface area is 362 Å². The minimum absolute atomic E-state index is 0.0503. The van der Waals surface area contributed by atoms with Gasteiger partial charge in [0.15, 0.2) is 0 Å². The van der Waals surface area contributed by atoms with Crippen molar-refractivity contribution in [2.75, 3.05) is 39.6 Å². The van der Waals surface area contributed by atoms with E-state index in [4.69, 9.17) is 28.4 Å². The number of nitrogens with one attached hydrogen (secondary N) is 3. The van der Waals surface area contributed by atoms with E-state index in [9.17, 15) is 57.5 Å². The first kappa shape index (κ1) is 54.7. The van der Waals surface area contributed by atoms with Crippen molar-refractivity contribution in [2.24, 2.45) is 0 Å². The first-order chi connectivity index (χ1) is 30.0. The Kier molecular flexibility index (Phi) is 25.9. The minimum atomic E-state index is -1.31. The molecule has 1 heterocycles. The van der Waals surface area contributed by atoms with Gasteiger partial charge in [-0.15, -0.1) is 0 Å². The van der Waals surface area contributed by atoms with Crippen LogP contribution in [0.25, 0.3) is 0 Å². The Morgan fingerprint density at radius 3 is 0.810 bits per heavy atom. The van der Waals surface area contributed by atoms with Crippen LogP contribution >= 0.6 is 0 Å². The van der Waals surface area contributed by atoms with Gasteiger partial charge in [0.1, 0.15) is 18.1 Å². The van der Waals surface area contributed by atoms with E-state index in [2.05, 4.69) is 16.0 Å². The van der Waals surface area contributed by atoms with Gasteiger partial charge in [-0.25, -0.2) is 42.5 Å². The maximum atomic E-state index is 13.7. The van der Waals surface area contributed by atoms with Gasteiger partial charge in [0, 0.05) is 58.2 Å². The smallest absolute Gasteiger partial charge is 0.336 e. The Hall–Kier alpha value is -6.36. The minimum Gasteiger partial charge on any atom is -0.466 e. The first-order valence-electron chi connectivity index (χ1n) is 20.8. The van der Waals surface area contributed by atoms with Gasteiger partial charge >= 0.3 is 52.9 Å². The third kappa shape index (κ3) is 19.9. The monoisotopic (exact) mass is 900 g/mol. The number of esters is 6. The second kappa shape index (κ2) is 29.8. The lowest BCUT2D eigenvalue weighted by atomic mass is 10.1. The van der Waals surface area contributed by atoms with Gasteiger partial charge in [-0.2, -0.15) is 0 Å². The molecule has 3 atom stereocenters. The summed E-state index contributed by atoms with van der Waals surface area (Å²) in [4.78, 5) is 154. The summed E-state index contributed by atoms with van der Waals surface area (Å²) >= 11 is 0. The van der Waals surface area contributed by atoms with Gasteiger partial charge < -0.3 is 44.4 Å². The van der Waals surface area contributed by atoms with Crippen LogP contribution in [0.2, 0.25) is 0 Å². The molecule has 3 N–H and O–H groups in total. The van der Waals surface area contributed by atoms with E-state index in [0.717, 1.165) is 0 Å². The molecule has 354 valence electrons. The second-order valence-corrected chi connectivity index (χ2v) is 13.2. The van der Waals surface area contributed by atoms with Crippen LogP contribution in [0, 0.1) is 0 Å². The van der Waals surface area contributed by atoms with Crippen LogP contribution in [-0.2, 0) is 91.2 Å². The second-order valence-electron chi connectivity index (χ2n) is 13.2. The largest absolute Gasteiger partial charge is 0.466 e. The highest BCUT2D eigenvalue weighted by Gasteiger charge is 2.27. The molecule has 0 saturated carbocycles.